The van der Waals surface area contributed by atoms with Crippen molar-refractivity contribution < 1.29 is 34.1 Å². The topological polar surface area (TPSA) is 151 Å². The molecule has 8 rings (SSSR count). The highest BCUT2D eigenvalue weighted by atomic mass is 16.6. The van der Waals surface area contributed by atoms with Crippen LogP contribution in [0, 0.1) is 17.8 Å². The van der Waals surface area contributed by atoms with E-state index in [1.807, 2.05) is 71.6 Å². The molecule has 1 aliphatic carbocycles. The molecule has 2 saturated heterocycles. The van der Waals surface area contributed by atoms with Crippen LogP contribution in [0.3, 0.4) is 0 Å². The molecule has 0 bridgehead atoms. The van der Waals surface area contributed by atoms with Gasteiger partial charge in [-0.2, -0.15) is 0 Å². The molecular formula is C44H43N3O7. The first-order chi connectivity index (χ1) is 26.2. The summed E-state index contributed by atoms with van der Waals surface area (Å²) in [4.78, 5) is 45.7. The van der Waals surface area contributed by atoms with Crippen LogP contribution in [0.15, 0.2) is 103 Å². The highest BCUT2D eigenvalue weighted by Crippen LogP contribution is 2.64. The third-order valence-corrected chi connectivity index (χ3v) is 11.5. The number of esters is 1. The van der Waals surface area contributed by atoms with Gasteiger partial charge in [0.05, 0.1) is 24.6 Å². The smallest absolute Gasteiger partial charge is 0.324 e. The number of benzene rings is 4. The molecule has 2 amide bonds. The fraction of sp³-hybridized carbons (Fsp3) is 0.341. The summed E-state index contributed by atoms with van der Waals surface area (Å²) in [5.41, 5.74) is 7.20. The zero-order valence-electron chi connectivity index (χ0n) is 29.8. The van der Waals surface area contributed by atoms with Crippen molar-refractivity contribution in [2.45, 2.75) is 73.8 Å². The van der Waals surface area contributed by atoms with E-state index in [0.29, 0.717) is 41.0 Å². The van der Waals surface area contributed by atoms with Crippen LogP contribution in [0.4, 0.5) is 5.69 Å². The SMILES string of the molecule is NC(=O)[C@@H]1[C@H]2C(=O)O[C@H](c3ccccc3)[C@H](c3ccccc3)N2[C@H](c2cccc(OCCO)c2)[C@@]12C(=O)Nc1ccc(C#CC3(O)CCCCCC3)cc12. The third kappa shape index (κ3) is 6.02. The lowest BCUT2D eigenvalue weighted by Crippen LogP contribution is -2.53. The zero-order valence-corrected chi connectivity index (χ0v) is 29.8. The van der Waals surface area contributed by atoms with E-state index in [2.05, 4.69) is 17.2 Å². The molecule has 0 radical (unpaired) electrons. The Hall–Kier alpha value is -5.47. The number of carbonyl (C=O) groups is 3. The first-order valence-corrected chi connectivity index (χ1v) is 18.7. The van der Waals surface area contributed by atoms with E-state index in [0.717, 1.165) is 36.8 Å². The van der Waals surface area contributed by atoms with Gasteiger partial charge in [-0.05, 0) is 78.3 Å². The van der Waals surface area contributed by atoms with Gasteiger partial charge in [-0.25, -0.2) is 0 Å². The highest BCUT2D eigenvalue weighted by Gasteiger charge is 2.73. The lowest BCUT2D eigenvalue weighted by atomic mass is 9.65. The average Bonchev–Trinajstić information content (AvgIpc) is 3.56. The Kier molecular flexibility index (Phi) is 9.48. The van der Waals surface area contributed by atoms with Gasteiger partial charge < -0.3 is 30.7 Å². The Labute approximate surface area is 314 Å². The van der Waals surface area contributed by atoms with Gasteiger partial charge in [0.25, 0.3) is 0 Å². The minimum absolute atomic E-state index is 0.0439. The number of nitrogens with two attached hydrogens (primary N) is 1. The largest absolute Gasteiger partial charge is 0.491 e. The number of primary amides is 1. The molecule has 276 valence electrons. The number of rotatable bonds is 7. The number of cyclic esters (lactones) is 1. The van der Waals surface area contributed by atoms with Crippen LogP contribution in [0.25, 0.3) is 0 Å². The van der Waals surface area contributed by atoms with E-state index in [1.165, 1.54) is 0 Å². The van der Waals surface area contributed by atoms with Crippen molar-refractivity contribution in [1.29, 1.82) is 0 Å². The van der Waals surface area contributed by atoms with Gasteiger partial charge in [-0.1, -0.05) is 97.5 Å². The Balaban J connectivity index is 1.38. The van der Waals surface area contributed by atoms with Crippen LogP contribution in [-0.2, 0) is 24.5 Å². The molecule has 6 atom stereocenters. The fourth-order valence-electron chi connectivity index (χ4n) is 9.27. The van der Waals surface area contributed by atoms with Gasteiger partial charge in [0, 0.05) is 11.3 Å². The number of anilines is 1. The van der Waals surface area contributed by atoms with E-state index in [1.54, 1.807) is 36.4 Å². The standard InChI is InChI=1S/C44H43N3O7/c45-40(49)35-37-41(50)54-38(30-14-7-4-8-15-30)36(29-12-5-3-6-13-29)47(37)39(31-16-11-17-32(27-31)53-25-24-48)44(35)33-26-28(18-19-34(33)46-42(44)51)20-23-43(52)21-9-1-2-10-22-43/h3-8,11-19,26-27,35-39,48,52H,1-2,9-10,21-22,24-25H2,(H2,45,49)(H,46,51)/t35-,36-,37-,38+,39+,44-/m0/s1. The summed E-state index contributed by atoms with van der Waals surface area (Å²) >= 11 is 0. The molecule has 0 aromatic heterocycles. The van der Waals surface area contributed by atoms with Crippen molar-refractivity contribution in [3.8, 4) is 17.6 Å². The molecular weight excluding hydrogens is 682 g/mol. The number of aliphatic hydroxyl groups is 2. The maximum atomic E-state index is 15.0. The summed E-state index contributed by atoms with van der Waals surface area (Å²) in [6, 6.07) is 28.7. The summed E-state index contributed by atoms with van der Waals surface area (Å²) in [5, 5.41) is 24.0. The number of nitrogens with one attached hydrogen (secondary N) is 1. The third-order valence-electron chi connectivity index (χ3n) is 11.5. The molecule has 54 heavy (non-hydrogen) atoms. The summed E-state index contributed by atoms with van der Waals surface area (Å²) in [5.74, 6) is 3.44. The van der Waals surface area contributed by atoms with Crippen molar-refractivity contribution in [3.63, 3.8) is 0 Å². The summed E-state index contributed by atoms with van der Waals surface area (Å²) in [6.45, 7) is -0.160. The summed E-state index contributed by atoms with van der Waals surface area (Å²) in [6.07, 6.45) is 4.24. The molecule has 5 N–H and O–H groups in total. The molecule has 3 fully saturated rings. The molecule has 3 aliphatic heterocycles. The number of hydrogen-bond donors (Lipinski definition) is 4. The van der Waals surface area contributed by atoms with E-state index < -0.39 is 58.9 Å². The fourth-order valence-corrected chi connectivity index (χ4v) is 9.27. The van der Waals surface area contributed by atoms with Gasteiger partial charge in [-0.15, -0.1) is 0 Å². The quantitative estimate of drug-likeness (QED) is 0.115. The molecule has 1 saturated carbocycles. The van der Waals surface area contributed by atoms with Gasteiger partial charge in [0.2, 0.25) is 11.8 Å². The van der Waals surface area contributed by atoms with Crippen LogP contribution in [0.1, 0.15) is 84.5 Å². The van der Waals surface area contributed by atoms with Crippen molar-refractivity contribution in [3.05, 3.63) is 131 Å². The number of morpholine rings is 1. The molecule has 10 nitrogen and oxygen atoms in total. The minimum atomic E-state index is -1.73. The van der Waals surface area contributed by atoms with Gasteiger partial charge in [0.15, 0.2) is 0 Å². The molecule has 4 aromatic rings. The van der Waals surface area contributed by atoms with Gasteiger partial charge in [0.1, 0.15) is 35.5 Å². The monoisotopic (exact) mass is 725 g/mol. The Morgan fingerprint density at radius 1 is 0.870 bits per heavy atom. The van der Waals surface area contributed by atoms with Crippen LogP contribution >= 0.6 is 0 Å². The van der Waals surface area contributed by atoms with E-state index in [-0.39, 0.29) is 13.2 Å². The van der Waals surface area contributed by atoms with Crippen LogP contribution < -0.4 is 15.8 Å². The van der Waals surface area contributed by atoms with E-state index >= 15 is 4.79 Å². The Bertz CT molecular complexity index is 2120. The van der Waals surface area contributed by atoms with E-state index in [9.17, 15) is 19.8 Å². The second-order valence-corrected chi connectivity index (χ2v) is 14.7. The summed E-state index contributed by atoms with van der Waals surface area (Å²) in [7, 11) is 0. The van der Waals surface area contributed by atoms with Crippen LogP contribution in [-0.4, -0.2) is 57.8 Å². The molecule has 10 heteroatoms. The number of ether oxygens (including phenoxy) is 2. The second-order valence-electron chi connectivity index (χ2n) is 14.7. The number of amides is 2. The van der Waals surface area contributed by atoms with Crippen molar-refractivity contribution in [1.82, 2.24) is 4.90 Å². The molecule has 0 unspecified atom stereocenters. The molecule has 4 aromatic carbocycles. The van der Waals surface area contributed by atoms with Gasteiger partial charge in [-0.3, -0.25) is 19.3 Å². The normalized spacial score (nSPS) is 27.1. The zero-order chi connectivity index (χ0) is 37.5. The average molecular weight is 726 g/mol. The predicted octanol–water partition coefficient (Wildman–Crippen LogP) is 5.25. The Morgan fingerprint density at radius 2 is 1.56 bits per heavy atom. The predicted molar refractivity (Wildman–Crippen MR) is 201 cm³/mol. The highest BCUT2D eigenvalue weighted by molar-refractivity contribution is 6.12. The van der Waals surface area contributed by atoms with Gasteiger partial charge >= 0.3 is 5.97 Å². The number of fused-ring (bicyclic) bond motifs is 3. The number of aliphatic hydroxyl groups excluding tert-OH is 1. The first kappa shape index (κ1) is 35.6. The van der Waals surface area contributed by atoms with Crippen molar-refractivity contribution in [2.75, 3.05) is 18.5 Å². The lowest BCUT2D eigenvalue weighted by molar-refractivity contribution is -0.178. The molecule has 1 spiro atoms. The molecule has 4 aliphatic rings. The maximum Gasteiger partial charge on any atom is 0.324 e. The summed E-state index contributed by atoms with van der Waals surface area (Å²) < 4.78 is 12.2. The van der Waals surface area contributed by atoms with Crippen molar-refractivity contribution >= 4 is 23.5 Å². The number of hydrogen-bond acceptors (Lipinski definition) is 8. The molecule has 3 heterocycles. The Morgan fingerprint density at radius 3 is 2.24 bits per heavy atom. The van der Waals surface area contributed by atoms with Crippen LogP contribution in [0.2, 0.25) is 0 Å². The van der Waals surface area contributed by atoms with Crippen LogP contribution in [0.5, 0.6) is 5.75 Å². The minimum Gasteiger partial charge on any atom is -0.491 e. The number of nitrogens with zero attached hydrogens (tertiary/aromatic N) is 1. The lowest BCUT2D eigenvalue weighted by Gasteiger charge is -2.46. The van der Waals surface area contributed by atoms with E-state index in [4.69, 9.17) is 15.2 Å². The van der Waals surface area contributed by atoms with Crippen molar-refractivity contribution in [2.24, 2.45) is 11.7 Å². The first-order valence-electron chi connectivity index (χ1n) is 18.7. The second kappa shape index (κ2) is 14.4. The maximum absolute atomic E-state index is 15.0. The number of carbonyl (C=O) groups excluding carboxylic acids is 3.